The largest absolute Gasteiger partial charge is 0.297 e. The van der Waals surface area contributed by atoms with Crippen LogP contribution < -0.4 is 0 Å². The van der Waals surface area contributed by atoms with Crippen molar-refractivity contribution >= 4 is 24.0 Å². The van der Waals surface area contributed by atoms with Gasteiger partial charge in [-0.25, -0.2) is 4.98 Å². The molecule has 0 spiro atoms. The lowest BCUT2D eigenvalue weighted by molar-refractivity contribution is 0.276. The third-order valence-corrected chi connectivity index (χ3v) is 5.12. The first-order chi connectivity index (χ1) is 8.83. The highest BCUT2D eigenvalue weighted by Gasteiger charge is 2.14. The van der Waals surface area contributed by atoms with Gasteiger partial charge in [0.1, 0.15) is 5.01 Å². The Hall–Kier alpha value is -0.0600. The minimum Gasteiger partial charge on any atom is -0.297 e. The van der Waals surface area contributed by atoms with Crippen LogP contribution in [0.4, 0.5) is 0 Å². The Morgan fingerprint density at radius 3 is 2.56 bits per heavy atom. The fourth-order valence-corrected chi connectivity index (χ4v) is 3.94. The van der Waals surface area contributed by atoms with Gasteiger partial charge in [0.2, 0.25) is 0 Å². The van der Waals surface area contributed by atoms with Crippen molar-refractivity contribution in [2.45, 2.75) is 57.7 Å². The molecule has 2 heterocycles. The zero-order valence-corrected chi connectivity index (χ0v) is 13.0. The topological polar surface area (TPSA) is 16.1 Å². The first-order valence-electron chi connectivity index (χ1n) is 7.14. The van der Waals surface area contributed by atoms with Crippen LogP contribution >= 0.6 is 24.0 Å². The second-order valence-corrected chi connectivity index (χ2v) is 6.56. The van der Waals surface area contributed by atoms with Crippen molar-refractivity contribution in [3.63, 3.8) is 0 Å². The molecule has 0 atom stereocenters. The summed E-state index contributed by atoms with van der Waals surface area (Å²) in [7, 11) is 0. The molecule has 0 radical (unpaired) electrons. The summed E-state index contributed by atoms with van der Waals surface area (Å²) in [5.41, 5.74) is 1.29. The highest BCUT2D eigenvalue weighted by Crippen LogP contribution is 2.23. The van der Waals surface area contributed by atoms with Crippen LogP contribution in [0.15, 0.2) is 0 Å². The molecule has 102 valence electrons. The summed E-state index contributed by atoms with van der Waals surface area (Å²) in [6.45, 7) is 5.77. The molecule has 1 saturated heterocycles. The summed E-state index contributed by atoms with van der Waals surface area (Å²) >= 11 is 6.30. The molecule has 1 aromatic rings. The zero-order chi connectivity index (χ0) is 12.8. The van der Waals surface area contributed by atoms with Crippen molar-refractivity contribution in [1.82, 2.24) is 9.88 Å². The lowest BCUT2D eigenvalue weighted by Gasteiger charge is -2.17. The van der Waals surface area contributed by atoms with E-state index in [4.69, 9.17) is 4.98 Å². The summed E-state index contributed by atoms with van der Waals surface area (Å²) in [6, 6.07) is 0. The van der Waals surface area contributed by atoms with Crippen molar-refractivity contribution in [2.24, 2.45) is 0 Å². The Bertz CT molecular complexity index is 355. The number of aromatic nitrogens is 1. The second-order valence-electron chi connectivity index (χ2n) is 5.08. The van der Waals surface area contributed by atoms with Gasteiger partial charge in [-0.3, -0.25) is 4.90 Å². The van der Waals surface area contributed by atoms with Gasteiger partial charge in [-0.15, -0.1) is 11.3 Å². The Morgan fingerprint density at radius 2 is 1.94 bits per heavy atom. The van der Waals surface area contributed by atoms with E-state index in [-0.39, 0.29) is 0 Å². The number of aryl methyl sites for hydroxylation is 1. The molecule has 4 heteroatoms. The zero-order valence-electron chi connectivity index (χ0n) is 11.3. The molecule has 1 aliphatic heterocycles. The predicted octanol–water partition coefficient (Wildman–Crippen LogP) is 3.90. The molecular formula is C14H24N2S2. The Labute approximate surface area is 120 Å². The number of hydrogen-bond donors (Lipinski definition) is 1. The fourth-order valence-electron chi connectivity index (χ4n) is 2.55. The molecule has 18 heavy (non-hydrogen) atoms. The maximum absolute atomic E-state index is 4.82. The Morgan fingerprint density at radius 1 is 1.22 bits per heavy atom. The molecule has 0 bridgehead atoms. The van der Waals surface area contributed by atoms with Crippen LogP contribution in [0.25, 0.3) is 0 Å². The van der Waals surface area contributed by atoms with Crippen molar-refractivity contribution in [1.29, 1.82) is 0 Å². The van der Waals surface area contributed by atoms with Gasteiger partial charge < -0.3 is 0 Å². The molecule has 0 amide bonds. The van der Waals surface area contributed by atoms with Gasteiger partial charge in [0.15, 0.2) is 0 Å². The van der Waals surface area contributed by atoms with E-state index < -0.39 is 0 Å². The molecule has 0 saturated carbocycles. The molecule has 1 fully saturated rings. The maximum Gasteiger partial charge on any atom is 0.107 e. The van der Waals surface area contributed by atoms with E-state index in [0.29, 0.717) is 0 Å². The second kappa shape index (κ2) is 7.51. The molecular weight excluding hydrogens is 260 g/mol. The van der Waals surface area contributed by atoms with Crippen LogP contribution in [0.3, 0.4) is 0 Å². The monoisotopic (exact) mass is 284 g/mol. The number of thiazole rings is 1. The Kier molecular flexibility index (Phi) is 5.99. The van der Waals surface area contributed by atoms with E-state index in [9.17, 15) is 0 Å². The minimum atomic E-state index is 0.840. The fraction of sp³-hybridized carbons (Fsp3) is 0.786. The van der Waals surface area contributed by atoms with E-state index in [1.165, 1.54) is 60.8 Å². The van der Waals surface area contributed by atoms with Crippen LogP contribution in [0, 0.1) is 0 Å². The highest BCUT2D eigenvalue weighted by molar-refractivity contribution is 7.79. The van der Waals surface area contributed by atoms with Gasteiger partial charge in [-0.1, -0.05) is 26.2 Å². The number of rotatable bonds is 5. The molecule has 2 rings (SSSR count). The lowest BCUT2D eigenvalue weighted by atomic mass is 10.2. The van der Waals surface area contributed by atoms with E-state index in [1.54, 1.807) is 0 Å². The number of likely N-dealkylation sites (tertiary alicyclic amines) is 1. The Balaban J connectivity index is 1.99. The predicted molar refractivity (Wildman–Crippen MR) is 82.5 cm³/mol. The number of nitrogens with zero attached hydrogens (tertiary/aromatic N) is 2. The highest BCUT2D eigenvalue weighted by atomic mass is 32.1. The lowest BCUT2D eigenvalue weighted by Crippen LogP contribution is -2.23. The average molecular weight is 284 g/mol. The smallest absolute Gasteiger partial charge is 0.107 e. The van der Waals surface area contributed by atoms with Crippen LogP contribution in [-0.4, -0.2) is 23.0 Å². The third-order valence-electron chi connectivity index (χ3n) is 3.51. The number of hydrogen-bond acceptors (Lipinski definition) is 4. The van der Waals surface area contributed by atoms with Crippen molar-refractivity contribution < 1.29 is 0 Å². The van der Waals surface area contributed by atoms with Crippen LogP contribution in [0.1, 0.15) is 54.6 Å². The van der Waals surface area contributed by atoms with Crippen LogP contribution in [0.2, 0.25) is 0 Å². The standard InChI is InChI=1S/C14H24N2S2/c1-2-7-12-13(11-17)18-14(15-12)10-16-8-5-3-4-6-9-16/h17H,2-11H2,1H3. The normalized spacial score (nSPS) is 17.9. The van der Waals surface area contributed by atoms with Crippen molar-refractivity contribution in [2.75, 3.05) is 13.1 Å². The average Bonchev–Trinajstić information content (AvgIpc) is 2.58. The molecule has 0 N–H and O–H groups in total. The maximum atomic E-state index is 4.82. The van der Waals surface area contributed by atoms with Crippen molar-refractivity contribution in [3.05, 3.63) is 15.6 Å². The summed E-state index contributed by atoms with van der Waals surface area (Å²) in [5.74, 6) is 0.840. The van der Waals surface area contributed by atoms with Gasteiger partial charge in [-0.05, 0) is 32.4 Å². The molecule has 0 aliphatic carbocycles. The van der Waals surface area contributed by atoms with Crippen molar-refractivity contribution in [3.8, 4) is 0 Å². The summed E-state index contributed by atoms with van der Waals surface area (Å²) < 4.78 is 0. The molecule has 1 aromatic heterocycles. The van der Waals surface area contributed by atoms with Gasteiger partial charge in [0, 0.05) is 10.6 Å². The SMILES string of the molecule is CCCc1nc(CN2CCCCCC2)sc1CS. The van der Waals surface area contributed by atoms with Crippen LogP contribution in [-0.2, 0) is 18.7 Å². The van der Waals surface area contributed by atoms with E-state index in [0.717, 1.165) is 18.7 Å². The van der Waals surface area contributed by atoms with E-state index in [2.05, 4.69) is 24.5 Å². The van der Waals surface area contributed by atoms with Crippen LogP contribution in [0.5, 0.6) is 0 Å². The van der Waals surface area contributed by atoms with Gasteiger partial charge in [-0.2, -0.15) is 12.6 Å². The summed E-state index contributed by atoms with van der Waals surface area (Å²) in [6.07, 6.45) is 7.79. The molecule has 1 aliphatic rings. The van der Waals surface area contributed by atoms with Gasteiger partial charge >= 0.3 is 0 Å². The first-order valence-corrected chi connectivity index (χ1v) is 8.59. The van der Waals surface area contributed by atoms with E-state index in [1.807, 2.05) is 11.3 Å². The minimum absolute atomic E-state index is 0.840. The molecule has 2 nitrogen and oxygen atoms in total. The molecule has 0 aromatic carbocycles. The van der Waals surface area contributed by atoms with Gasteiger partial charge in [0.05, 0.1) is 12.2 Å². The number of thiol groups is 1. The molecule has 0 unspecified atom stereocenters. The van der Waals surface area contributed by atoms with E-state index >= 15 is 0 Å². The van der Waals surface area contributed by atoms with Gasteiger partial charge in [0.25, 0.3) is 0 Å². The summed E-state index contributed by atoms with van der Waals surface area (Å²) in [4.78, 5) is 8.78. The quantitative estimate of drug-likeness (QED) is 0.825. The first kappa shape index (κ1) is 14.4. The summed E-state index contributed by atoms with van der Waals surface area (Å²) in [5, 5.41) is 1.30. The third kappa shape index (κ3) is 3.97.